The van der Waals surface area contributed by atoms with Crippen molar-refractivity contribution in [2.75, 3.05) is 0 Å². The van der Waals surface area contributed by atoms with Gasteiger partial charge < -0.3 is 10.3 Å². The Balaban J connectivity index is 1.83. The monoisotopic (exact) mass is 249 g/mol. The van der Waals surface area contributed by atoms with E-state index in [0.29, 0.717) is 5.92 Å². The molecule has 0 spiro atoms. The lowest BCUT2D eigenvalue weighted by Gasteiger charge is -2.18. The first-order chi connectivity index (χ1) is 8.68. The first-order valence-corrected chi connectivity index (χ1v) is 7.44. The van der Waals surface area contributed by atoms with Crippen molar-refractivity contribution in [1.29, 1.82) is 0 Å². The molecule has 0 aromatic carbocycles. The zero-order chi connectivity index (χ0) is 13.0. The third-order valence-corrected chi connectivity index (χ3v) is 4.29. The van der Waals surface area contributed by atoms with Gasteiger partial charge in [-0.05, 0) is 24.7 Å². The van der Waals surface area contributed by atoms with Gasteiger partial charge in [0, 0.05) is 18.8 Å². The molecule has 0 radical (unpaired) electrons. The summed E-state index contributed by atoms with van der Waals surface area (Å²) in [4.78, 5) is 4.26. The van der Waals surface area contributed by atoms with Crippen molar-refractivity contribution < 1.29 is 0 Å². The summed E-state index contributed by atoms with van der Waals surface area (Å²) in [6, 6.07) is 0.110. The van der Waals surface area contributed by atoms with Crippen molar-refractivity contribution in [3.8, 4) is 0 Å². The molecule has 102 valence electrons. The second kappa shape index (κ2) is 6.37. The Kier molecular flexibility index (Phi) is 4.81. The molecule has 0 aliphatic heterocycles. The molecule has 0 saturated heterocycles. The van der Waals surface area contributed by atoms with E-state index in [2.05, 4.69) is 23.4 Å². The molecule has 3 nitrogen and oxygen atoms in total. The van der Waals surface area contributed by atoms with E-state index in [-0.39, 0.29) is 6.04 Å². The van der Waals surface area contributed by atoms with Crippen molar-refractivity contribution in [2.24, 2.45) is 17.6 Å². The molecule has 1 aliphatic carbocycles. The fraction of sp³-hybridized carbons (Fsp3) is 0.800. The van der Waals surface area contributed by atoms with Crippen LogP contribution in [0.25, 0.3) is 0 Å². The maximum atomic E-state index is 6.22. The van der Waals surface area contributed by atoms with E-state index in [9.17, 15) is 0 Å². The number of hydrogen-bond donors (Lipinski definition) is 1. The molecule has 1 fully saturated rings. The van der Waals surface area contributed by atoms with E-state index < -0.39 is 0 Å². The molecule has 3 heteroatoms. The van der Waals surface area contributed by atoms with Gasteiger partial charge in [0.1, 0.15) is 0 Å². The first-order valence-electron chi connectivity index (χ1n) is 7.44. The smallest absolute Gasteiger partial charge is 0.0948 e. The molecule has 1 aliphatic rings. The van der Waals surface area contributed by atoms with Gasteiger partial charge in [0.15, 0.2) is 0 Å². The van der Waals surface area contributed by atoms with Gasteiger partial charge >= 0.3 is 0 Å². The molecule has 18 heavy (non-hydrogen) atoms. The maximum Gasteiger partial charge on any atom is 0.0948 e. The SMILES string of the molecule is CC(C)C(N)c1cncn1CCCC1CCCC1. The van der Waals surface area contributed by atoms with E-state index in [1.165, 1.54) is 44.2 Å². The predicted molar refractivity (Wildman–Crippen MR) is 75.2 cm³/mol. The topological polar surface area (TPSA) is 43.8 Å². The predicted octanol–water partition coefficient (Wildman–Crippen LogP) is 3.51. The molecule has 2 N–H and O–H groups in total. The second-order valence-corrected chi connectivity index (χ2v) is 6.07. The average Bonchev–Trinajstić information content (AvgIpc) is 2.98. The van der Waals surface area contributed by atoms with Crippen LogP contribution in [0.1, 0.15) is 64.1 Å². The van der Waals surface area contributed by atoms with Gasteiger partial charge in [-0.2, -0.15) is 0 Å². The standard InChI is InChI=1S/C15H27N3/c1-12(2)15(16)14-10-17-11-18(14)9-5-8-13-6-3-4-7-13/h10-13,15H,3-9,16H2,1-2H3. The highest BCUT2D eigenvalue weighted by molar-refractivity contribution is 5.05. The van der Waals surface area contributed by atoms with E-state index in [4.69, 9.17) is 5.73 Å². The van der Waals surface area contributed by atoms with Crippen LogP contribution in [-0.2, 0) is 6.54 Å². The normalized spacial score (nSPS) is 18.7. The Morgan fingerprint density at radius 1 is 1.39 bits per heavy atom. The Labute approximate surface area is 111 Å². The number of nitrogens with two attached hydrogens (primary N) is 1. The Bertz CT molecular complexity index is 350. The minimum atomic E-state index is 0.110. The van der Waals surface area contributed by atoms with Crippen molar-refractivity contribution in [1.82, 2.24) is 9.55 Å². The number of aromatic nitrogens is 2. The van der Waals surface area contributed by atoms with Crippen LogP contribution in [0.2, 0.25) is 0 Å². The summed E-state index contributed by atoms with van der Waals surface area (Å²) in [6.07, 6.45) is 12.3. The van der Waals surface area contributed by atoms with Gasteiger partial charge in [-0.3, -0.25) is 0 Å². The molecular formula is C15H27N3. The van der Waals surface area contributed by atoms with Crippen molar-refractivity contribution in [2.45, 2.75) is 65.0 Å². The largest absolute Gasteiger partial charge is 0.333 e. The summed E-state index contributed by atoms with van der Waals surface area (Å²) in [6.45, 7) is 5.41. The number of rotatable bonds is 6. The molecule has 1 aromatic rings. The van der Waals surface area contributed by atoms with Gasteiger partial charge in [0.2, 0.25) is 0 Å². The molecule has 2 rings (SSSR count). The molecule has 0 amide bonds. The lowest BCUT2D eigenvalue weighted by Crippen LogP contribution is -2.20. The van der Waals surface area contributed by atoms with Crippen LogP contribution in [0.5, 0.6) is 0 Å². The van der Waals surface area contributed by atoms with Crippen LogP contribution in [-0.4, -0.2) is 9.55 Å². The van der Waals surface area contributed by atoms with Crippen LogP contribution in [0.4, 0.5) is 0 Å². The van der Waals surface area contributed by atoms with Crippen LogP contribution < -0.4 is 5.73 Å². The highest BCUT2D eigenvalue weighted by Gasteiger charge is 2.16. The van der Waals surface area contributed by atoms with Gasteiger partial charge in [-0.1, -0.05) is 39.5 Å². The minimum Gasteiger partial charge on any atom is -0.333 e. The van der Waals surface area contributed by atoms with Crippen molar-refractivity contribution >= 4 is 0 Å². The third kappa shape index (κ3) is 3.35. The molecule has 0 bridgehead atoms. The Morgan fingerprint density at radius 2 is 2.11 bits per heavy atom. The van der Waals surface area contributed by atoms with E-state index >= 15 is 0 Å². The van der Waals surface area contributed by atoms with Crippen LogP contribution in [0, 0.1) is 11.8 Å². The van der Waals surface area contributed by atoms with E-state index in [1.807, 2.05) is 12.5 Å². The van der Waals surface area contributed by atoms with Crippen molar-refractivity contribution in [3.05, 3.63) is 18.2 Å². The molecule has 1 aromatic heterocycles. The number of hydrogen-bond acceptors (Lipinski definition) is 2. The summed E-state index contributed by atoms with van der Waals surface area (Å²) in [5.41, 5.74) is 7.41. The zero-order valence-electron chi connectivity index (χ0n) is 11.8. The summed E-state index contributed by atoms with van der Waals surface area (Å²) in [5.74, 6) is 1.45. The Hall–Kier alpha value is -0.830. The highest BCUT2D eigenvalue weighted by atomic mass is 15.1. The van der Waals surface area contributed by atoms with Crippen LogP contribution in [0.15, 0.2) is 12.5 Å². The molecule has 1 heterocycles. The van der Waals surface area contributed by atoms with Gasteiger partial charge in [0.05, 0.1) is 12.0 Å². The number of aryl methyl sites for hydroxylation is 1. The molecule has 1 atom stereocenters. The van der Waals surface area contributed by atoms with Crippen LogP contribution in [0.3, 0.4) is 0 Å². The first kappa shape index (κ1) is 13.6. The number of nitrogens with zero attached hydrogens (tertiary/aromatic N) is 2. The van der Waals surface area contributed by atoms with E-state index in [1.54, 1.807) is 0 Å². The Morgan fingerprint density at radius 3 is 2.78 bits per heavy atom. The molecular weight excluding hydrogens is 222 g/mol. The lowest BCUT2D eigenvalue weighted by molar-refractivity contribution is 0.436. The second-order valence-electron chi connectivity index (χ2n) is 6.07. The lowest BCUT2D eigenvalue weighted by atomic mass is 10.0. The fourth-order valence-corrected chi connectivity index (χ4v) is 2.99. The summed E-state index contributed by atoms with van der Waals surface area (Å²) in [7, 11) is 0. The summed E-state index contributed by atoms with van der Waals surface area (Å²) in [5, 5.41) is 0. The average molecular weight is 249 g/mol. The number of imidazole rings is 1. The van der Waals surface area contributed by atoms with Gasteiger partial charge in [0.25, 0.3) is 0 Å². The molecule has 1 saturated carbocycles. The summed E-state index contributed by atoms with van der Waals surface area (Å²) >= 11 is 0. The maximum absolute atomic E-state index is 6.22. The zero-order valence-corrected chi connectivity index (χ0v) is 11.8. The fourth-order valence-electron chi connectivity index (χ4n) is 2.99. The van der Waals surface area contributed by atoms with Gasteiger partial charge in [-0.25, -0.2) is 4.98 Å². The van der Waals surface area contributed by atoms with Gasteiger partial charge in [-0.15, -0.1) is 0 Å². The minimum absolute atomic E-state index is 0.110. The van der Waals surface area contributed by atoms with Crippen molar-refractivity contribution in [3.63, 3.8) is 0 Å². The highest BCUT2D eigenvalue weighted by Crippen LogP contribution is 2.29. The third-order valence-electron chi connectivity index (χ3n) is 4.29. The van der Waals surface area contributed by atoms with E-state index in [0.717, 1.165) is 12.5 Å². The van der Waals surface area contributed by atoms with Crippen LogP contribution >= 0.6 is 0 Å². The molecule has 1 unspecified atom stereocenters. The quantitative estimate of drug-likeness (QED) is 0.838. The summed E-state index contributed by atoms with van der Waals surface area (Å²) < 4.78 is 2.25.